The van der Waals surface area contributed by atoms with Crippen LogP contribution >= 0.6 is 11.8 Å². The fraction of sp³-hybridized carbons (Fsp3) is 0.211. The molecule has 3 heterocycles. The lowest BCUT2D eigenvalue weighted by molar-refractivity contribution is -0.122. The number of carbonyl (C=O) groups excluding carboxylic acids is 2. The first-order valence-electron chi connectivity index (χ1n) is 7.73. The Morgan fingerprint density at radius 2 is 2.04 bits per heavy atom. The zero-order valence-electron chi connectivity index (χ0n) is 14.2. The van der Waals surface area contributed by atoms with E-state index in [0.717, 1.165) is 45.0 Å². The molecule has 0 N–H and O–H groups in total. The molecule has 0 atom stereocenters. The van der Waals surface area contributed by atoms with Crippen molar-refractivity contribution in [3.8, 4) is 18.2 Å². The highest BCUT2D eigenvalue weighted by Gasteiger charge is 2.34. The Bertz CT molecular complexity index is 933. The van der Waals surface area contributed by atoms with Gasteiger partial charge in [-0.3, -0.25) is 14.5 Å². The maximum absolute atomic E-state index is 12.3. The summed E-state index contributed by atoms with van der Waals surface area (Å²) < 4.78 is 2.02. The molecule has 2 amide bonds. The third-order valence-electron chi connectivity index (χ3n) is 4.00. The van der Waals surface area contributed by atoms with Crippen LogP contribution in [0.5, 0.6) is 0 Å². The summed E-state index contributed by atoms with van der Waals surface area (Å²) >= 11 is 0.916. The van der Waals surface area contributed by atoms with Crippen molar-refractivity contribution < 1.29 is 9.59 Å². The highest BCUT2D eigenvalue weighted by molar-refractivity contribution is 8.18. The summed E-state index contributed by atoms with van der Waals surface area (Å²) in [5.41, 5.74) is 3.93. The summed E-state index contributed by atoms with van der Waals surface area (Å²) in [5, 5.41) is -0.330. The van der Waals surface area contributed by atoms with Crippen LogP contribution in [0.3, 0.4) is 0 Å². The number of amides is 2. The molecule has 1 fully saturated rings. The van der Waals surface area contributed by atoms with E-state index in [0.29, 0.717) is 4.91 Å². The zero-order valence-corrected chi connectivity index (χ0v) is 15.1. The summed E-state index contributed by atoms with van der Waals surface area (Å²) in [6, 6.07) is 5.94. The van der Waals surface area contributed by atoms with Gasteiger partial charge in [-0.05, 0) is 61.9 Å². The summed E-state index contributed by atoms with van der Waals surface area (Å²) in [4.78, 5) is 30.2. The number of aryl methyl sites for hydroxylation is 2. The molecule has 0 aliphatic carbocycles. The number of hydrogen-bond acceptors (Lipinski definition) is 4. The van der Waals surface area contributed by atoms with E-state index in [-0.39, 0.29) is 17.7 Å². The molecule has 0 radical (unpaired) electrons. The standard InChI is InChI=1S/C19H17N3O2S/c1-5-8-21-18(23)16(25-19(21)24)10-15-9-13(3)22(14(15)4)17-7-6-12(2)11-20-17/h1,6-7,9-11H,8H2,2-4H3/b16-10-. The number of rotatable bonds is 3. The molecule has 2 aromatic rings. The number of thioether (sulfide) groups is 1. The normalized spacial score (nSPS) is 15.9. The highest BCUT2D eigenvalue weighted by atomic mass is 32.2. The Kier molecular flexibility index (Phi) is 4.51. The molecule has 25 heavy (non-hydrogen) atoms. The molecular weight excluding hydrogens is 334 g/mol. The second-order valence-corrected chi connectivity index (χ2v) is 6.82. The maximum atomic E-state index is 12.3. The first-order chi connectivity index (χ1) is 11.9. The molecule has 1 aliphatic rings. The van der Waals surface area contributed by atoms with Crippen molar-refractivity contribution in [3.63, 3.8) is 0 Å². The molecular formula is C19H17N3O2S. The van der Waals surface area contributed by atoms with Gasteiger partial charge in [0.05, 0.1) is 11.4 Å². The molecule has 1 aliphatic heterocycles. The average Bonchev–Trinajstić information content (AvgIpc) is 3.00. The lowest BCUT2D eigenvalue weighted by Crippen LogP contribution is -2.28. The minimum Gasteiger partial charge on any atom is -0.303 e. The number of hydrogen-bond donors (Lipinski definition) is 0. The third kappa shape index (κ3) is 3.11. The van der Waals surface area contributed by atoms with E-state index in [1.807, 2.05) is 49.7 Å². The third-order valence-corrected chi connectivity index (χ3v) is 4.91. The van der Waals surface area contributed by atoms with Crippen LogP contribution in [-0.4, -0.2) is 32.1 Å². The monoisotopic (exact) mass is 351 g/mol. The van der Waals surface area contributed by atoms with Gasteiger partial charge in [0.2, 0.25) is 0 Å². The minimum atomic E-state index is -0.341. The second-order valence-electron chi connectivity index (χ2n) is 5.83. The fourth-order valence-electron chi connectivity index (χ4n) is 2.75. The molecule has 3 rings (SSSR count). The van der Waals surface area contributed by atoms with Crippen LogP contribution in [0.15, 0.2) is 29.3 Å². The van der Waals surface area contributed by atoms with Gasteiger partial charge in [-0.15, -0.1) is 6.42 Å². The maximum Gasteiger partial charge on any atom is 0.294 e. The summed E-state index contributed by atoms with van der Waals surface area (Å²) in [6.07, 6.45) is 8.78. The lowest BCUT2D eigenvalue weighted by atomic mass is 10.2. The first-order valence-corrected chi connectivity index (χ1v) is 8.55. The predicted octanol–water partition coefficient (Wildman–Crippen LogP) is 3.47. The average molecular weight is 351 g/mol. The van der Waals surface area contributed by atoms with Crippen LogP contribution in [0.4, 0.5) is 4.79 Å². The van der Waals surface area contributed by atoms with E-state index >= 15 is 0 Å². The molecule has 126 valence electrons. The number of imide groups is 1. The van der Waals surface area contributed by atoms with Crippen LogP contribution in [-0.2, 0) is 4.79 Å². The summed E-state index contributed by atoms with van der Waals surface area (Å²) in [6.45, 7) is 5.93. The summed E-state index contributed by atoms with van der Waals surface area (Å²) in [5.74, 6) is 2.82. The van der Waals surface area contributed by atoms with Crippen molar-refractivity contribution in [1.82, 2.24) is 14.5 Å². The van der Waals surface area contributed by atoms with E-state index in [1.165, 1.54) is 0 Å². The van der Waals surface area contributed by atoms with Crippen molar-refractivity contribution in [3.05, 3.63) is 51.8 Å². The molecule has 0 unspecified atom stereocenters. The van der Waals surface area contributed by atoms with Gasteiger partial charge in [-0.1, -0.05) is 12.0 Å². The van der Waals surface area contributed by atoms with Crippen molar-refractivity contribution >= 4 is 29.0 Å². The lowest BCUT2D eigenvalue weighted by Gasteiger charge is -2.08. The Balaban J connectivity index is 1.99. The Morgan fingerprint density at radius 1 is 1.28 bits per heavy atom. The smallest absolute Gasteiger partial charge is 0.294 e. The van der Waals surface area contributed by atoms with E-state index < -0.39 is 0 Å². The van der Waals surface area contributed by atoms with Crippen molar-refractivity contribution in [2.24, 2.45) is 0 Å². The van der Waals surface area contributed by atoms with Gasteiger partial charge in [0, 0.05) is 17.6 Å². The van der Waals surface area contributed by atoms with E-state index in [1.54, 1.807) is 6.08 Å². The van der Waals surface area contributed by atoms with Crippen molar-refractivity contribution in [2.45, 2.75) is 20.8 Å². The number of carbonyl (C=O) groups is 2. The quantitative estimate of drug-likeness (QED) is 0.628. The molecule has 0 saturated carbocycles. The zero-order chi connectivity index (χ0) is 18.1. The molecule has 6 heteroatoms. The van der Waals surface area contributed by atoms with Crippen molar-refractivity contribution in [1.29, 1.82) is 0 Å². The number of aromatic nitrogens is 2. The SMILES string of the molecule is C#CCN1C(=O)S/C(=C\c2cc(C)n(-c3ccc(C)cn3)c2C)C1=O. The van der Waals surface area contributed by atoms with Crippen LogP contribution < -0.4 is 0 Å². The van der Waals surface area contributed by atoms with E-state index in [9.17, 15) is 9.59 Å². The Labute approximate surface area is 150 Å². The predicted molar refractivity (Wildman–Crippen MR) is 99.3 cm³/mol. The molecule has 2 aromatic heterocycles. The molecule has 5 nitrogen and oxygen atoms in total. The van der Waals surface area contributed by atoms with Crippen molar-refractivity contribution in [2.75, 3.05) is 6.54 Å². The molecule has 1 saturated heterocycles. The minimum absolute atomic E-state index is 0.00564. The topological polar surface area (TPSA) is 55.2 Å². The Morgan fingerprint density at radius 3 is 2.68 bits per heavy atom. The van der Waals surface area contributed by atoms with Gasteiger partial charge in [0.15, 0.2) is 0 Å². The molecule has 0 bridgehead atoms. The number of nitrogens with zero attached hydrogens (tertiary/aromatic N) is 3. The van der Waals surface area contributed by atoms with Gasteiger partial charge < -0.3 is 4.57 Å². The first kappa shape index (κ1) is 17.1. The number of pyridine rings is 1. The van der Waals surface area contributed by atoms with Gasteiger partial charge in [-0.2, -0.15) is 0 Å². The van der Waals surface area contributed by atoms with Gasteiger partial charge >= 0.3 is 0 Å². The van der Waals surface area contributed by atoms with Gasteiger partial charge in [-0.25, -0.2) is 4.98 Å². The van der Waals surface area contributed by atoms with Crippen LogP contribution in [0.2, 0.25) is 0 Å². The van der Waals surface area contributed by atoms with E-state index in [4.69, 9.17) is 6.42 Å². The van der Waals surface area contributed by atoms with Gasteiger partial charge in [0.1, 0.15) is 5.82 Å². The van der Waals surface area contributed by atoms with Crippen LogP contribution in [0.1, 0.15) is 22.5 Å². The number of terminal acetylenes is 1. The Hall–Kier alpha value is -2.78. The van der Waals surface area contributed by atoms with Crippen LogP contribution in [0.25, 0.3) is 11.9 Å². The molecule has 0 spiro atoms. The second kappa shape index (κ2) is 6.61. The fourth-order valence-corrected chi connectivity index (χ4v) is 3.58. The van der Waals surface area contributed by atoms with E-state index in [2.05, 4.69) is 10.9 Å². The molecule has 0 aromatic carbocycles. The highest BCUT2D eigenvalue weighted by Crippen LogP contribution is 2.33. The van der Waals surface area contributed by atoms with Gasteiger partial charge in [0.25, 0.3) is 11.1 Å². The summed E-state index contributed by atoms with van der Waals surface area (Å²) in [7, 11) is 0. The van der Waals surface area contributed by atoms with Crippen LogP contribution in [0, 0.1) is 33.1 Å². The largest absolute Gasteiger partial charge is 0.303 e.